The smallest absolute Gasteiger partial charge is 0.186 e. The van der Waals surface area contributed by atoms with Gasteiger partial charge in [0.15, 0.2) is 23.2 Å². The van der Waals surface area contributed by atoms with E-state index in [-0.39, 0.29) is 47.2 Å². The number of phenols is 2. The Morgan fingerprint density at radius 1 is 1.12 bits per heavy atom. The predicted molar refractivity (Wildman–Crippen MR) is 197 cm³/mol. The quantitative estimate of drug-likeness (QED) is 0.0661. The van der Waals surface area contributed by atoms with Crippen molar-refractivity contribution >= 4 is 11.7 Å². The molecule has 0 aliphatic heterocycles. The largest absolute Gasteiger partial charge is 0.508 e. The average molecular weight is 672 g/mol. The number of nitrogens with zero attached hydrogens (tertiary/aromatic N) is 1. The van der Waals surface area contributed by atoms with Crippen molar-refractivity contribution in [2.24, 2.45) is 28.3 Å². The number of methoxy groups -OCH3 is 1. The number of aryl methyl sites for hydroxylation is 1. The van der Waals surface area contributed by atoms with E-state index in [9.17, 15) is 15.0 Å². The van der Waals surface area contributed by atoms with E-state index in [1.54, 1.807) is 31.4 Å². The number of aliphatic imine (C=N–C) groups is 1. The highest BCUT2D eigenvalue weighted by Gasteiger charge is 2.34. The number of phenolic OH excluding ortho intramolecular Hbond substituents is 2. The Kier molecular flexibility index (Phi) is 14.5. The lowest BCUT2D eigenvalue weighted by Gasteiger charge is -2.33. The molecule has 1 fully saturated rings. The summed E-state index contributed by atoms with van der Waals surface area (Å²) in [7, 11) is 1.71. The van der Waals surface area contributed by atoms with Gasteiger partial charge in [0, 0.05) is 31.3 Å². The Balaban J connectivity index is 1.99. The van der Waals surface area contributed by atoms with Crippen LogP contribution in [0.1, 0.15) is 125 Å². The van der Waals surface area contributed by atoms with E-state index in [4.69, 9.17) is 20.9 Å². The van der Waals surface area contributed by atoms with Crippen LogP contribution >= 0.6 is 0 Å². The van der Waals surface area contributed by atoms with Crippen LogP contribution < -0.4 is 16.2 Å². The van der Waals surface area contributed by atoms with Crippen LogP contribution in [0.3, 0.4) is 0 Å². The Hall–Kier alpha value is -3.96. The molecule has 2 aliphatic carbocycles. The van der Waals surface area contributed by atoms with Crippen LogP contribution in [0.4, 0.5) is 0 Å². The number of fused-ring (bicyclic) bond motifs is 1. The number of guanidine groups is 1. The third-order valence-electron chi connectivity index (χ3n) is 9.87. The van der Waals surface area contributed by atoms with Gasteiger partial charge in [-0.2, -0.15) is 0 Å². The van der Waals surface area contributed by atoms with E-state index in [1.165, 1.54) is 0 Å². The molecule has 4 rings (SSSR count). The number of aromatic hydroxyl groups is 2. The van der Waals surface area contributed by atoms with Gasteiger partial charge in [-0.05, 0) is 111 Å². The summed E-state index contributed by atoms with van der Waals surface area (Å²) in [6.07, 6.45) is 13.5. The number of ketones is 1. The van der Waals surface area contributed by atoms with Crippen LogP contribution in [0.25, 0.3) is 0 Å². The maximum atomic E-state index is 13.0. The van der Waals surface area contributed by atoms with Gasteiger partial charge in [0.2, 0.25) is 0 Å². The number of nitrogens with two attached hydrogens (primary N) is 2. The summed E-state index contributed by atoms with van der Waals surface area (Å²) in [4.78, 5) is 17.7. The van der Waals surface area contributed by atoms with Crippen molar-refractivity contribution in [3.8, 4) is 29.1 Å². The summed E-state index contributed by atoms with van der Waals surface area (Å²) >= 11 is 0. The molecule has 0 radical (unpaired) electrons. The molecule has 8 nitrogen and oxygen atoms in total. The monoisotopic (exact) mass is 671 g/mol. The third-order valence-corrected chi connectivity index (χ3v) is 9.87. The first-order valence-corrected chi connectivity index (χ1v) is 18.2. The number of carbonyl (C=O) groups is 1. The molecule has 4 atom stereocenters. The molecule has 0 aromatic heterocycles. The van der Waals surface area contributed by atoms with Gasteiger partial charge in [-0.15, -0.1) is 0 Å². The molecule has 0 amide bonds. The summed E-state index contributed by atoms with van der Waals surface area (Å²) in [5.41, 5.74) is 15.2. The van der Waals surface area contributed by atoms with E-state index in [2.05, 4.69) is 37.6 Å². The van der Waals surface area contributed by atoms with Crippen molar-refractivity contribution in [2.75, 3.05) is 13.7 Å². The van der Waals surface area contributed by atoms with Gasteiger partial charge < -0.3 is 31.2 Å². The first-order chi connectivity index (χ1) is 23.6. The minimum Gasteiger partial charge on any atom is -0.508 e. The highest BCUT2D eigenvalue weighted by atomic mass is 16.5. The van der Waals surface area contributed by atoms with Gasteiger partial charge >= 0.3 is 0 Å². The van der Waals surface area contributed by atoms with Crippen molar-refractivity contribution in [1.29, 1.82) is 0 Å². The standard InChI is InChI=1S/C41H57N3O5/c1-5-6-7-12-31(45)19-17-29-25-38(49-33-14-8-9-15-33)40(47)39-35(29)22-21-34(28-11-10-13-32(46)24-28)37(44-41(42)43)23-18-30(26-48-4)36(39)20-16-27(2)3/h7,10-13,24-25,27,30,33-34,36-37,46-47H,5-6,8-9,14-20,23,26H2,1-4H3,(H4,42,43,44). The Labute approximate surface area is 293 Å². The van der Waals surface area contributed by atoms with Gasteiger partial charge in [-0.3, -0.25) is 4.79 Å². The van der Waals surface area contributed by atoms with E-state index in [0.717, 1.165) is 80.0 Å². The molecule has 4 unspecified atom stereocenters. The number of unbranched alkanes of at least 4 members (excludes halogenated alkanes) is 1. The topological polar surface area (TPSA) is 140 Å². The first-order valence-electron chi connectivity index (χ1n) is 18.2. The normalized spacial score (nSPS) is 21.2. The van der Waals surface area contributed by atoms with Crippen molar-refractivity contribution in [3.63, 3.8) is 0 Å². The van der Waals surface area contributed by atoms with Crippen molar-refractivity contribution in [3.05, 3.63) is 64.7 Å². The average Bonchev–Trinajstić information content (AvgIpc) is 3.57. The van der Waals surface area contributed by atoms with Crippen LogP contribution in [-0.2, 0) is 16.0 Å². The lowest BCUT2D eigenvalue weighted by atomic mass is 9.74. The highest BCUT2D eigenvalue weighted by molar-refractivity contribution is 5.89. The van der Waals surface area contributed by atoms with Crippen LogP contribution in [-0.4, -0.2) is 47.8 Å². The fraction of sp³-hybridized carbons (Fsp3) is 0.561. The maximum Gasteiger partial charge on any atom is 0.186 e. The zero-order valence-corrected chi connectivity index (χ0v) is 29.9. The second-order valence-electron chi connectivity index (χ2n) is 14.2. The van der Waals surface area contributed by atoms with E-state index >= 15 is 0 Å². The second-order valence-corrected chi connectivity index (χ2v) is 14.2. The Morgan fingerprint density at radius 3 is 2.57 bits per heavy atom. The summed E-state index contributed by atoms with van der Waals surface area (Å²) < 4.78 is 12.4. The minimum absolute atomic E-state index is 0.0167. The SMILES string of the molecule is CCCC=CC(=O)CCc1cc(OC2CCCC2)c(O)c2c1C#CC(c1cccc(O)c1)C(N=C(N)N)CCC(COC)C2CCC(C)C. The summed E-state index contributed by atoms with van der Waals surface area (Å²) in [6.45, 7) is 6.99. The van der Waals surface area contributed by atoms with Gasteiger partial charge in [0.25, 0.3) is 0 Å². The molecule has 0 heterocycles. The predicted octanol–water partition coefficient (Wildman–Crippen LogP) is 7.63. The number of rotatable bonds is 15. The molecule has 6 N–H and O–H groups in total. The molecule has 0 saturated heterocycles. The molecule has 49 heavy (non-hydrogen) atoms. The number of carbonyl (C=O) groups excluding carboxylic acids is 1. The Bertz CT molecular complexity index is 1510. The molecule has 2 aliphatic rings. The minimum atomic E-state index is -0.444. The molecule has 8 heteroatoms. The van der Waals surface area contributed by atoms with Crippen molar-refractivity contribution in [1.82, 2.24) is 0 Å². The van der Waals surface area contributed by atoms with Crippen LogP contribution in [0.2, 0.25) is 0 Å². The Morgan fingerprint density at radius 2 is 1.90 bits per heavy atom. The zero-order chi connectivity index (χ0) is 35.3. The molecule has 0 bridgehead atoms. The fourth-order valence-corrected chi connectivity index (χ4v) is 7.32. The number of allylic oxidation sites excluding steroid dienone is 2. The van der Waals surface area contributed by atoms with Gasteiger partial charge in [-0.1, -0.05) is 63.7 Å². The molecular formula is C41H57N3O5. The summed E-state index contributed by atoms with van der Waals surface area (Å²) in [5.74, 6) is 7.74. The number of benzene rings is 2. The van der Waals surface area contributed by atoms with Gasteiger partial charge in [0.05, 0.1) is 18.1 Å². The molecule has 2 aromatic carbocycles. The van der Waals surface area contributed by atoms with Gasteiger partial charge in [0.1, 0.15) is 5.75 Å². The number of hydrogen-bond donors (Lipinski definition) is 4. The number of hydrogen-bond acceptors (Lipinski definition) is 6. The van der Waals surface area contributed by atoms with Gasteiger partial charge in [-0.25, -0.2) is 4.99 Å². The summed E-state index contributed by atoms with van der Waals surface area (Å²) in [5, 5.41) is 22.7. The van der Waals surface area contributed by atoms with E-state index < -0.39 is 5.92 Å². The molecule has 266 valence electrons. The zero-order valence-electron chi connectivity index (χ0n) is 29.9. The fourth-order valence-electron chi connectivity index (χ4n) is 7.32. The molecule has 2 aromatic rings. The van der Waals surface area contributed by atoms with Crippen molar-refractivity contribution < 1.29 is 24.5 Å². The van der Waals surface area contributed by atoms with Crippen LogP contribution in [0.15, 0.2) is 47.5 Å². The maximum absolute atomic E-state index is 13.0. The van der Waals surface area contributed by atoms with E-state index in [1.807, 2.05) is 18.2 Å². The lowest BCUT2D eigenvalue weighted by Crippen LogP contribution is -2.29. The van der Waals surface area contributed by atoms with Crippen LogP contribution in [0, 0.1) is 23.7 Å². The lowest BCUT2D eigenvalue weighted by molar-refractivity contribution is -0.114. The molecule has 0 spiro atoms. The molecular weight excluding hydrogens is 614 g/mol. The third kappa shape index (κ3) is 10.8. The highest BCUT2D eigenvalue weighted by Crippen LogP contribution is 2.47. The number of ether oxygens (including phenoxy) is 2. The van der Waals surface area contributed by atoms with Crippen LogP contribution in [0.5, 0.6) is 17.2 Å². The molecule has 1 saturated carbocycles. The first kappa shape index (κ1) is 37.9. The van der Waals surface area contributed by atoms with Crippen molar-refractivity contribution in [2.45, 2.75) is 122 Å². The van der Waals surface area contributed by atoms with E-state index in [0.29, 0.717) is 37.5 Å². The summed E-state index contributed by atoms with van der Waals surface area (Å²) in [6, 6.07) is 8.59. The second kappa shape index (κ2) is 18.7.